The summed E-state index contributed by atoms with van der Waals surface area (Å²) in [4.78, 5) is 0. The minimum atomic E-state index is -4.34. The predicted molar refractivity (Wildman–Crippen MR) is 21.4 cm³/mol. The maximum atomic E-state index is 8.62. The van der Waals surface area contributed by atoms with Crippen LogP contribution >= 0.6 is 0 Å². The normalized spacial score (nSPS) is 5.77. The van der Waals surface area contributed by atoms with Crippen molar-refractivity contribution in [2.24, 2.45) is 0 Å². The summed E-state index contributed by atoms with van der Waals surface area (Å²) in [7, 11) is 0. The average Bonchev–Trinajstić information content (AvgIpc) is 1.54. The molecule has 0 unspecified atom stereocenters. The van der Waals surface area contributed by atoms with Crippen molar-refractivity contribution in [1.82, 2.24) is 0 Å². The van der Waals surface area contributed by atoms with E-state index in [1.54, 1.807) is 0 Å². The van der Waals surface area contributed by atoms with Crippen LogP contribution in [0.4, 0.5) is 0 Å². The van der Waals surface area contributed by atoms with Crippen molar-refractivity contribution < 1.29 is 64.6 Å². The molecule has 0 bridgehead atoms. The van der Waals surface area contributed by atoms with E-state index in [0.717, 1.165) is 0 Å². The van der Waals surface area contributed by atoms with Crippen LogP contribution in [0.15, 0.2) is 0 Å². The molecular formula is Bi3DyO9. The Labute approximate surface area is 128 Å². The van der Waals surface area contributed by atoms with E-state index >= 15 is 0 Å². The van der Waals surface area contributed by atoms with Crippen molar-refractivity contribution in [3.05, 3.63) is 0 Å². The fourth-order valence-electron chi connectivity index (χ4n) is 0. The van der Waals surface area contributed by atoms with Crippen molar-refractivity contribution in [1.29, 1.82) is 0 Å². The molecule has 0 aromatic carbocycles. The third-order valence-electron chi connectivity index (χ3n) is 0. The quantitative estimate of drug-likeness (QED) is 0.215. The molecule has 0 rings (SSSR count). The molecule has 1 radical (unpaired) electrons. The van der Waals surface area contributed by atoms with Gasteiger partial charge in [0.2, 0.25) is 0 Å². The van der Waals surface area contributed by atoms with Crippen LogP contribution < -0.4 is 9.55 Å². The second-order valence-electron chi connectivity index (χ2n) is 0.671. The Morgan fingerprint density at radius 1 is 0.538 bits per heavy atom. The molecule has 9 nitrogen and oxygen atoms in total. The monoisotopic (exact) mass is 935 g/mol. The van der Waals surface area contributed by atoms with Crippen LogP contribution in [0.3, 0.4) is 0 Å². The van der Waals surface area contributed by atoms with Gasteiger partial charge in [-0.05, 0) is 0 Å². The SMILES string of the molecule is [Dy+3].[O]=[Bi](=[O])[O-].[O]=[Bi](=[O])[O-].[O]=[Bi](=[O])[O-]. The zero-order valence-corrected chi connectivity index (χ0v) is 17.8. The maximum absolute atomic E-state index is 8.62. The summed E-state index contributed by atoms with van der Waals surface area (Å²) in [6.45, 7) is 0. The standard InChI is InChI=1S/3Bi.Dy.9O/q;;;+3;;;;;;;3*-1. The topological polar surface area (TPSA) is 172 Å². The second kappa shape index (κ2) is 20.1. The molecule has 0 aliphatic heterocycles. The van der Waals surface area contributed by atoms with Crippen LogP contribution in [0.5, 0.6) is 0 Å². The van der Waals surface area contributed by atoms with E-state index in [0.29, 0.717) is 0 Å². The Morgan fingerprint density at radius 2 is 0.538 bits per heavy atom. The molecule has 0 fully saturated rings. The van der Waals surface area contributed by atoms with Gasteiger partial charge in [0.15, 0.2) is 0 Å². The fourth-order valence-corrected chi connectivity index (χ4v) is 0. The van der Waals surface area contributed by atoms with E-state index < -0.39 is 66.6 Å². The van der Waals surface area contributed by atoms with Crippen LogP contribution in [0.1, 0.15) is 0 Å². The number of rotatable bonds is 0. The molecule has 13 heteroatoms. The van der Waals surface area contributed by atoms with E-state index in [-0.39, 0.29) is 38.2 Å². The summed E-state index contributed by atoms with van der Waals surface area (Å²) in [5.74, 6) is 0. The molecule has 0 aromatic rings. The summed E-state index contributed by atoms with van der Waals surface area (Å²) < 4.78 is 77.6. The average molecular weight is 933 g/mol. The van der Waals surface area contributed by atoms with E-state index in [9.17, 15) is 0 Å². The summed E-state index contributed by atoms with van der Waals surface area (Å²) in [5.41, 5.74) is 0. The zero-order chi connectivity index (χ0) is 10.7. The molecule has 0 aromatic heterocycles. The van der Waals surface area contributed by atoms with Gasteiger partial charge in [0.1, 0.15) is 0 Å². The van der Waals surface area contributed by atoms with Crippen molar-refractivity contribution in [3.63, 3.8) is 0 Å². The molecule has 0 aliphatic rings. The van der Waals surface area contributed by atoms with E-state index in [4.69, 9.17) is 26.4 Å². The van der Waals surface area contributed by atoms with Crippen molar-refractivity contribution in [2.45, 2.75) is 0 Å². The predicted octanol–water partition coefficient (Wildman–Crippen LogP) is -5.42. The van der Waals surface area contributed by atoms with Gasteiger partial charge in [0.05, 0.1) is 0 Å². The molecule has 0 spiro atoms. The molecule has 0 heterocycles. The van der Waals surface area contributed by atoms with E-state index in [1.165, 1.54) is 0 Å². The number of hydrogen-bond acceptors (Lipinski definition) is 9. The van der Waals surface area contributed by atoms with Gasteiger partial charge in [-0.15, -0.1) is 0 Å². The van der Waals surface area contributed by atoms with Gasteiger partial charge in [-0.3, -0.25) is 0 Å². The molecule has 0 aliphatic carbocycles. The third-order valence-corrected chi connectivity index (χ3v) is 0. The Balaban J connectivity index is -0.0000000450. The Hall–Kier alpha value is 2.60. The summed E-state index contributed by atoms with van der Waals surface area (Å²) >= 11 is -13.0. The van der Waals surface area contributed by atoms with Gasteiger partial charge in [-0.1, -0.05) is 0 Å². The van der Waals surface area contributed by atoms with E-state index in [1.807, 2.05) is 0 Å². The van der Waals surface area contributed by atoms with Crippen LogP contribution in [-0.2, 0) is 16.9 Å². The first-order chi connectivity index (χ1) is 5.20. The van der Waals surface area contributed by atoms with Gasteiger partial charge in [0.25, 0.3) is 0 Å². The van der Waals surface area contributed by atoms with Crippen molar-refractivity contribution in [2.75, 3.05) is 0 Å². The minimum absolute atomic E-state index is 0. The van der Waals surface area contributed by atoms with Gasteiger partial charge >= 0.3 is 131 Å². The molecule has 79 valence electrons. The van der Waals surface area contributed by atoms with Gasteiger partial charge in [-0.25, -0.2) is 0 Å². The molecular weight excluding hydrogens is 933 g/mol. The summed E-state index contributed by atoms with van der Waals surface area (Å²) in [5, 5.41) is 0. The summed E-state index contributed by atoms with van der Waals surface area (Å²) in [6.07, 6.45) is 0. The first-order valence-electron chi connectivity index (χ1n) is 1.64. The van der Waals surface area contributed by atoms with Crippen LogP contribution in [0.2, 0.25) is 0 Å². The number of hydrogen-bond donors (Lipinski definition) is 0. The second-order valence-corrected chi connectivity index (χ2v) is 5.89. The van der Waals surface area contributed by atoms with Gasteiger partial charge in [-0.2, -0.15) is 0 Å². The summed E-state index contributed by atoms with van der Waals surface area (Å²) in [6, 6.07) is 0. The molecule has 0 N–H and O–H groups in total. The first kappa shape index (κ1) is 24.7. The van der Waals surface area contributed by atoms with Gasteiger partial charge in [0, 0.05) is 0 Å². The molecule has 0 saturated carbocycles. The van der Waals surface area contributed by atoms with Crippen LogP contribution in [0.25, 0.3) is 0 Å². The molecule has 13 heavy (non-hydrogen) atoms. The van der Waals surface area contributed by atoms with Gasteiger partial charge < -0.3 is 0 Å². The van der Waals surface area contributed by atoms with Crippen molar-refractivity contribution in [3.8, 4) is 0 Å². The van der Waals surface area contributed by atoms with Crippen molar-refractivity contribution >= 4 is 66.6 Å². The molecule has 0 saturated heterocycles. The zero-order valence-electron chi connectivity index (χ0n) is 5.33. The molecule has 0 atom stereocenters. The Morgan fingerprint density at radius 3 is 0.538 bits per heavy atom. The fraction of sp³-hybridized carbons (Fsp3) is 0. The van der Waals surface area contributed by atoms with Crippen LogP contribution in [-0.4, -0.2) is 66.6 Å². The Kier molecular flexibility index (Phi) is 38.2. The molecule has 0 amide bonds. The van der Waals surface area contributed by atoms with E-state index in [2.05, 4.69) is 0 Å². The Bertz CT molecular complexity index is 208. The van der Waals surface area contributed by atoms with Crippen LogP contribution in [0, 0.1) is 38.2 Å². The first-order valence-corrected chi connectivity index (χ1v) is 14.4. The third kappa shape index (κ3) is 342.